The molecule has 0 aliphatic carbocycles. The van der Waals surface area contributed by atoms with Crippen LogP contribution in [0.5, 0.6) is 0 Å². The Kier molecular flexibility index (Phi) is 4.94. The van der Waals surface area contributed by atoms with Gasteiger partial charge in [0.25, 0.3) is 5.91 Å². The fraction of sp³-hybridized carbons (Fsp3) is 0.333. The Balaban J connectivity index is 2.74. The first kappa shape index (κ1) is 13.7. The van der Waals surface area contributed by atoms with Crippen molar-refractivity contribution in [3.8, 4) is 0 Å². The molecule has 1 heterocycles. The topological polar surface area (TPSA) is 46.6 Å². The van der Waals surface area contributed by atoms with Crippen molar-refractivity contribution in [2.24, 2.45) is 0 Å². The van der Waals surface area contributed by atoms with Crippen molar-refractivity contribution in [2.45, 2.75) is 0 Å². The Morgan fingerprint density at radius 2 is 2.12 bits per heavy atom. The summed E-state index contributed by atoms with van der Waals surface area (Å²) in [4.78, 5) is 24.7. The third-order valence-corrected chi connectivity index (χ3v) is 5.04. The summed E-state index contributed by atoms with van der Waals surface area (Å²) < 4.78 is 6.16. The van der Waals surface area contributed by atoms with Crippen molar-refractivity contribution in [1.29, 1.82) is 0 Å². The van der Waals surface area contributed by atoms with E-state index in [2.05, 4.69) is 36.6 Å². The molecule has 0 bridgehead atoms. The molecule has 1 aromatic rings. The second kappa shape index (κ2) is 5.79. The molecule has 0 fully saturated rings. The van der Waals surface area contributed by atoms with E-state index >= 15 is 0 Å². The lowest BCUT2D eigenvalue weighted by Crippen LogP contribution is -2.32. The van der Waals surface area contributed by atoms with Crippen molar-refractivity contribution < 1.29 is 14.3 Å². The van der Waals surface area contributed by atoms with Crippen molar-refractivity contribution >= 4 is 55.1 Å². The van der Waals surface area contributed by atoms with Gasteiger partial charge in [-0.3, -0.25) is 9.59 Å². The molecule has 0 saturated heterocycles. The molecule has 0 unspecified atom stereocenters. The smallest absolute Gasteiger partial charge is 0.325 e. The van der Waals surface area contributed by atoms with Gasteiger partial charge < -0.3 is 9.64 Å². The average Bonchev–Trinajstić information content (AvgIpc) is 2.57. The molecule has 0 atom stereocenters. The molecule has 16 heavy (non-hydrogen) atoms. The van der Waals surface area contributed by atoms with Gasteiger partial charge in [-0.2, -0.15) is 0 Å². The fourth-order valence-electron chi connectivity index (χ4n) is 0.970. The van der Waals surface area contributed by atoms with Gasteiger partial charge in [0.15, 0.2) is 0 Å². The summed E-state index contributed by atoms with van der Waals surface area (Å²) >= 11 is 7.92. The highest BCUT2D eigenvalue weighted by Crippen LogP contribution is 2.32. The summed E-state index contributed by atoms with van der Waals surface area (Å²) in [5, 5.41) is 0. The second-order valence-corrected chi connectivity index (χ2v) is 6.19. The SMILES string of the molecule is COC(=O)CN(C)C(=O)c1cc(Br)c(Br)s1. The average molecular weight is 371 g/mol. The number of hydrogen-bond donors (Lipinski definition) is 0. The lowest BCUT2D eigenvalue weighted by Gasteiger charge is -2.13. The summed E-state index contributed by atoms with van der Waals surface area (Å²) in [6.07, 6.45) is 0. The van der Waals surface area contributed by atoms with Crippen LogP contribution in [0, 0.1) is 0 Å². The van der Waals surface area contributed by atoms with Crippen LogP contribution < -0.4 is 0 Å². The third-order valence-electron chi connectivity index (χ3n) is 1.80. The van der Waals surface area contributed by atoms with Crippen molar-refractivity contribution in [3.05, 3.63) is 19.2 Å². The molecule has 1 rings (SSSR count). The summed E-state index contributed by atoms with van der Waals surface area (Å²) in [6.45, 7) is -0.0531. The van der Waals surface area contributed by atoms with E-state index in [1.807, 2.05) is 0 Å². The number of carbonyl (C=O) groups excluding carboxylic acids is 2. The Labute approximate surface area is 114 Å². The number of hydrogen-bond acceptors (Lipinski definition) is 4. The van der Waals surface area contributed by atoms with E-state index in [0.29, 0.717) is 4.88 Å². The van der Waals surface area contributed by atoms with Gasteiger partial charge >= 0.3 is 5.97 Å². The number of esters is 1. The van der Waals surface area contributed by atoms with Gasteiger partial charge in [0.05, 0.1) is 15.8 Å². The van der Waals surface area contributed by atoms with Crippen LogP contribution in [0.4, 0.5) is 0 Å². The monoisotopic (exact) mass is 369 g/mol. The third kappa shape index (κ3) is 3.29. The highest BCUT2D eigenvalue weighted by molar-refractivity contribution is 9.13. The number of likely N-dealkylation sites (N-methyl/N-ethyl adjacent to an activating group) is 1. The number of amides is 1. The van der Waals surface area contributed by atoms with Crippen LogP contribution in [0.15, 0.2) is 14.3 Å². The van der Waals surface area contributed by atoms with Crippen LogP contribution in [0.25, 0.3) is 0 Å². The summed E-state index contributed by atoms with van der Waals surface area (Å²) in [6, 6.07) is 1.71. The van der Waals surface area contributed by atoms with E-state index in [4.69, 9.17) is 0 Å². The molecule has 0 N–H and O–H groups in total. The lowest BCUT2D eigenvalue weighted by atomic mass is 10.4. The van der Waals surface area contributed by atoms with Crippen LogP contribution in [-0.4, -0.2) is 37.5 Å². The highest BCUT2D eigenvalue weighted by Gasteiger charge is 2.18. The van der Waals surface area contributed by atoms with Crippen LogP contribution in [0.2, 0.25) is 0 Å². The van der Waals surface area contributed by atoms with Gasteiger partial charge in [0.1, 0.15) is 6.54 Å². The molecule has 0 aliphatic heterocycles. The Morgan fingerprint density at radius 3 is 2.56 bits per heavy atom. The Bertz CT molecular complexity index is 399. The van der Waals surface area contributed by atoms with Crippen LogP contribution in [0.1, 0.15) is 9.67 Å². The van der Waals surface area contributed by atoms with Crippen molar-refractivity contribution in [2.75, 3.05) is 20.7 Å². The molecular weight excluding hydrogens is 362 g/mol. The number of carbonyl (C=O) groups is 2. The van der Waals surface area contributed by atoms with Gasteiger partial charge in [-0.25, -0.2) is 0 Å². The summed E-state index contributed by atoms with van der Waals surface area (Å²) in [5.74, 6) is -0.646. The minimum absolute atomic E-state index is 0.0531. The van der Waals surface area contributed by atoms with Gasteiger partial charge in [-0.15, -0.1) is 11.3 Å². The summed E-state index contributed by atoms with van der Waals surface area (Å²) in [5.41, 5.74) is 0. The molecule has 4 nitrogen and oxygen atoms in total. The maximum atomic E-state index is 11.8. The highest BCUT2D eigenvalue weighted by atomic mass is 79.9. The molecule has 1 aromatic heterocycles. The number of ether oxygens (including phenoxy) is 1. The van der Waals surface area contributed by atoms with Crippen LogP contribution >= 0.6 is 43.2 Å². The normalized spacial score (nSPS) is 10.0. The van der Waals surface area contributed by atoms with Crippen molar-refractivity contribution in [3.63, 3.8) is 0 Å². The number of nitrogens with zero attached hydrogens (tertiary/aromatic N) is 1. The minimum Gasteiger partial charge on any atom is -0.468 e. The number of thiophene rings is 1. The van der Waals surface area contributed by atoms with Crippen LogP contribution in [-0.2, 0) is 9.53 Å². The summed E-state index contributed by atoms with van der Waals surface area (Å²) in [7, 11) is 2.85. The molecule has 0 spiro atoms. The van der Waals surface area contributed by atoms with Gasteiger partial charge in [-0.05, 0) is 37.9 Å². The van der Waals surface area contributed by atoms with E-state index in [1.54, 1.807) is 13.1 Å². The van der Waals surface area contributed by atoms with E-state index in [9.17, 15) is 9.59 Å². The van der Waals surface area contributed by atoms with E-state index in [-0.39, 0.29) is 12.5 Å². The molecule has 0 saturated carbocycles. The van der Waals surface area contributed by atoms with Gasteiger partial charge in [0.2, 0.25) is 0 Å². The largest absolute Gasteiger partial charge is 0.468 e. The van der Waals surface area contributed by atoms with Gasteiger partial charge in [0, 0.05) is 11.5 Å². The minimum atomic E-state index is -0.439. The predicted molar refractivity (Wildman–Crippen MR) is 68.7 cm³/mol. The van der Waals surface area contributed by atoms with Crippen LogP contribution in [0.3, 0.4) is 0 Å². The van der Waals surface area contributed by atoms with Gasteiger partial charge in [-0.1, -0.05) is 0 Å². The van der Waals surface area contributed by atoms with E-state index in [0.717, 1.165) is 8.26 Å². The fourth-order valence-corrected chi connectivity index (χ4v) is 3.00. The molecule has 0 aliphatic rings. The number of halogens is 2. The quantitative estimate of drug-likeness (QED) is 0.768. The van der Waals surface area contributed by atoms with E-state index < -0.39 is 5.97 Å². The lowest BCUT2D eigenvalue weighted by molar-refractivity contribution is -0.141. The first-order valence-electron chi connectivity index (χ1n) is 4.22. The molecule has 1 amide bonds. The Hall–Kier alpha value is -0.400. The first-order chi connectivity index (χ1) is 7.45. The molecular formula is C9H9Br2NO3S. The Morgan fingerprint density at radius 1 is 1.50 bits per heavy atom. The maximum Gasteiger partial charge on any atom is 0.325 e. The maximum absolute atomic E-state index is 11.8. The second-order valence-electron chi connectivity index (χ2n) is 2.97. The van der Waals surface area contributed by atoms with Crippen molar-refractivity contribution in [1.82, 2.24) is 4.90 Å². The standard InChI is InChI=1S/C9H9Br2NO3S/c1-12(4-7(13)15-2)9(14)6-3-5(10)8(11)16-6/h3H,4H2,1-2H3. The molecule has 88 valence electrons. The van der Waals surface area contributed by atoms with E-state index in [1.165, 1.54) is 23.3 Å². The molecule has 7 heteroatoms. The molecule has 0 aromatic carbocycles. The zero-order valence-electron chi connectivity index (χ0n) is 8.62. The zero-order valence-corrected chi connectivity index (χ0v) is 12.6. The number of methoxy groups -OCH3 is 1. The first-order valence-corrected chi connectivity index (χ1v) is 6.63. The zero-order chi connectivity index (χ0) is 12.3. The predicted octanol–water partition coefficient (Wildman–Crippen LogP) is 2.52. The number of rotatable bonds is 3. The molecule has 0 radical (unpaired) electrons.